The lowest BCUT2D eigenvalue weighted by Crippen LogP contribution is -2.32. The first kappa shape index (κ1) is 19.5. The fraction of sp³-hybridized carbons (Fsp3) is 0.458. The van der Waals surface area contributed by atoms with Gasteiger partial charge in [-0.2, -0.15) is 10.2 Å². The number of hydrogen-bond donors (Lipinski definition) is 0. The second kappa shape index (κ2) is 7.78. The summed E-state index contributed by atoms with van der Waals surface area (Å²) in [7, 11) is 1.95. The summed E-state index contributed by atoms with van der Waals surface area (Å²) in [4.78, 5) is 15.8. The number of nitrogens with zero attached hydrogens (tertiary/aromatic N) is 6. The summed E-state index contributed by atoms with van der Waals surface area (Å²) < 4.78 is 9.71. The number of amides is 1. The van der Waals surface area contributed by atoms with Gasteiger partial charge in [-0.05, 0) is 42.5 Å². The third-order valence-electron chi connectivity index (χ3n) is 6.99. The molecule has 3 aliphatic heterocycles. The van der Waals surface area contributed by atoms with E-state index in [1.165, 1.54) is 28.1 Å². The van der Waals surface area contributed by atoms with Gasteiger partial charge in [-0.1, -0.05) is 6.07 Å². The Kier molecular flexibility index (Phi) is 4.75. The quantitative estimate of drug-likeness (QED) is 0.593. The van der Waals surface area contributed by atoms with Crippen LogP contribution in [0.25, 0.3) is 11.1 Å². The number of carbonyl (C=O) groups excluding carboxylic acids is 1. The van der Waals surface area contributed by atoms with Crippen molar-refractivity contribution in [3.8, 4) is 11.1 Å². The lowest BCUT2D eigenvalue weighted by atomic mass is 9.96. The van der Waals surface area contributed by atoms with Gasteiger partial charge < -0.3 is 14.5 Å². The first-order valence-electron chi connectivity index (χ1n) is 11.5. The van der Waals surface area contributed by atoms with E-state index in [-0.39, 0.29) is 6.04 Å². The smallest absolute Gasteiger partial charge is 0.210 e. The molecule has 3 aromatic rings. The third kappa shape index (κ3) is 3.21. The van der Waals surface area contributed by atoms with Gasteiger partial charge in [-0.15, -0.1) is 0 Å². The van der Waals surface area contributed by atoms with E-state index in [0.29, 0.717) is 6.54 Å². The fourth-order valence-electron chi connectivity index (χ4n) is 5.34. The number of fused-ring (bicyclic) bond motifs is 2. The highest BCUT2D eigenvalue weighted by molar-refractivity contribution is 5.74. The Labute approximate surface area is 187 Å². The van der Waals surface area contributed by atoms with Crippen LogP contribution in [0.1, 0.15) is 35.7 Å². The largest absolute Gasteiger partial charge is 0.379 e. The summed E-state index contributed by atoms with van der Waals surface area (Å²) in [5.74, 6) is 1.01. The van der Waals surface area contributed by atoms with Gasteiger partial charge in [0.1, 0.15) is 0 Å². The topological polar surface area (TPSA) is 68.4 Å². The van der Waals surface area contributed by atoms with Crippen LogP contribution >= 0.6 is 0 Å². The fourth-order valence-corrected chi connectivity index (χ4v) is 5.34. The van der Waals surface area contributed by atoms with E-state index in [1.54, 1.807) is 0 Å². The average Bonchev–Trinajstić information content (AvgIpc) is 3.57. The standard InChI is InChI=1S/C24H28N6O2/c1-27-13-19(12-25-27)17-4-5-22-18(11-17)3-2-8-29(22)24-21-14-28(16-31)9-6-23(21)30(26-24)20-7-10-32-15-20/h4-5,11-13,16,20H,2-3,6-10,14-15H2,1H3. The molecule has 0 radical (unpaired) electrons. The molecule has 0 spiro atoms. The minimum Gasteiger partial charge on any atom is -0.379 e. The molecule has 5 heterocycles. The van der Waals surface area contributed by atoms with Crippen molar-refractivity contribution in [1.82, 2.24) is 24.5 Å². The van der Waals surface area contributed by atoms with Crippen LogP contribution in [0.5, 0.6) is 0 Å². The molecule has 6 rings (SSSR count). The van der Waals surface area contributed by atoms with E-state index < -0.39 is 0 Å². The number of rotatable bonds is 4. The van der Waals surface area contributed by atoms with Crippen molar-refractivity contribution in [3.05, 3.63) is 47.4 Å². The molecular weight excluding hydrogens is 404 g/mol. The monoisotopic (exact) mass is 432 g/mol. The minimum absolute atomic E-state index is 0.289. The molecule has 8 heteroatoms. The summed E-state index contributed by atoms with van der Waals surface area (Å²) in [6.07, 6.45) is 8.91. The zero-order valence-electron chi connectivity index (χ0n) is 18.4. The zero-order chi connectivity index (χ0) is 21.7. The number of anilines is 2. The molecule has 2 aromatic heterocycles. The molecule has 1 aromatic carbocycles. The summed E-state index contributed by atoms with van der Waals surface area (Å²) >= 11 is 0. The average molecular weight is 433 g/mol. The van der Waals surface area contributed by atoms with E-state index >= 15 is 0 Å². The lowest BCUT2D eigenvalue weighted by Gasteiger charge is -2.32. The number of aromatic nitrogens is 4. The molecule has 1 fully saturated rings. The van der Waals surface area contributed by atoms with Crippen LogP contribution in [-0.2, 0) is 36.0 Å². The number of aryl methyl sites for hydroxylation is 2. The third-order valence-corrected chi connectivity index (χ3v) is 6.99. The molecule has 1 atom stereocenters. The second-order valence-corrected chi connectivity index (χ2v) is 9.04. The number of ether oxygens (including phenoxy) is 1. The highest BCUT2D eigenvalue weighted by Gasteiger charge is 2.32. The van der Waals surface area contributed by atoms with Gasteiger partial charge in [-0.25, -0.2) is 0 Å². The van der Waals surface area contributed by atoms with Crippen molar-refractivity contribution in [2.24, 2.45) is 7.05 Å². The molecule has 0 saturated carbocycles. The van der Waals surface area contributed by atoms with Crippen LogP contribution < -0.4 is 4.90 Å². The summed E-state index contributed by atoms with van der Waals surface area (Å²) in [5, 5.41) is 9.48. The van der Waals surface area contributed by atoms with E-state index in [0.717, 1.165) is 69.8 Å². The van der Waals surface area contributed by atoms with Crippen molar-refractivity contribution in [1.29, 1.82) is 0 Å². The van der Waals surface area contributed by atoms with Gasteiger partial charge in [0, 0.05) is 61.9 Å². The molecule has 0 bridgehead atoms. The van der Waals surface area contributed by atoms with E-state index in [4.69, 9.17) is 9.84 Å². The van der Waals surface area contributed by atoms with Crippen LogP contribution in [-0.4, -0.2) is 57.2 Å². The van der Waals surface area contributed by atoms with Crippen LogP contribution in [0, 0.1) is 0 Å². The Balaban J connectivity index is 1.42. The molecular formula is C24H28N6O2. The predicted octanol–water partition coefficient (Wildman–Crippen LogP) is 2.84. The summed E-state index contributed by atoms with van der Waals surface area (Å²) in [5.41, 5.74) is 7.36. The summed E-state index contributed by atoms with van der Waals surface area (Å²) in [6, 6.07) is 6.99. The minimum atomic E-state index is 0.289. The molecule has 1 unspecified atom stereocenters. The van der Waals surface area contributed by atoms with Gasteiger partial charge in [0.15, 0.2) is 5.82 Å². The van der Waals surface area contributed by atoms with Crippen LogP contribution in [0.3, 0.4) is 0 Å². The second-order valence-electron chi connectivity index (χ2n) is 9.04. The maximum Gasteiger partial charge on any atom is 0.210 e. The highest BCUT2D eigenvalue weighted by atomic mass is 16.5. The molecule has 3 aliphatic rings. The molecule has 166 valence electrons. The molecule has 0 aliphatic carbocycles. The van der Waals surface area contributed by atoms with Crippen LogP contribution in [0.2, 0.25) is 0 Å². The maximum atomic E-state index is 11.6. The van der Waals surface area contributed by atoms with Crippen molar-refractivity contribution in [2.75, 3.05) is 31.2 Å². The first-order chi connectivity index (χ1) is 15.7. The van der Waals surface area contributed by atoms with Crippen molar-refractivity contribution < 1.29 is 9.53 Å². The van der Waals surface area contributed by atoms with Crippen LogP contribution in [0.4, 0.5) is 11.5 Å². The van der Waals surface area contributed by atoms with E-state index in [9.17, 15) is 4.79 Å². The number of benzene rings is 1. The number of carbonyl (C=O) groups is 1. The predicted molar refractivity (Wildman–Crippen MR) is 121 cm³/mol. The Morgan fingerprint density at radius 2 is 2.12 bits per heavy atom. The lowest BCUT2D eigenvalue weighted by molar-refractivity contribution is -0.118. The molecule has 8 nitrogen and oxygen atoms in total. The SMILES string of the molecule is Cn1cc(-c2ccc3c(c2)CCCN3c2nn(C3CCOC3)c3c2CN(C=O)CC3)cn1. The van der Waals surface area contributed by atoms with Gasteiger partial charge in [0.2, 0.25) is 6.41 Å². The van der Waals surface area contributed by atoms with Crippen molar-refractivity contribution >= 4 is 17.9 Å². The van der Waals surface area contributed by atoms with Gasteiger partial charge in [0.25, 0.3) is 0 Å². The van der Waals surface area contributed by atoms with E-state index in [1.807, 2.05) is 22.8 Å². The Hall–Kier alpha value is -3.13. The Bertz CT molecular complexity index is 1160. The highest BCUT2D eigenvalue weighted by Crippen LogP contribution is 2.40. The van der Waals surface area contributed by atoms with Gasteiger partial charge in [0.05, 0.1) is 25.4 Å². The molecule has 32 heavy (non-hydrogen) atoms. The molecule has 1 amide bonds. The summed E-state index contributed by atoms with van der Waals surface area (Å²) in [6.45, 7) is 3.82. The Morgan fingerprint density at radius 3 is 2.91 bits per heavy atom. The maximum absolute atomic E-state index is 11.6. The molecule has 1 saturated heterocycles. The normalized spacial score (nSPS) is 20.3. The van der Waals surface area contributed by atoms with Crippen molar-refractivity contribution in [3.63, 3.8) is 0 Å². The molecule has 0 N–H and O–H groups in total. The van der Waals surface area contributed by atoms with Gasteiger partial charge in [-0.3, -0.25) is 14.2 Å². The zero-order valence-corrected chi connectivity index (χ0v) is 18.4. The first-order valence-corrected chi connectivity index (χ1v) is 11.5. The van der Waals surface area contributed by atoms with Gasteiger partial charge >= 0.3 is 0 Å². The Morgan fingerprint density at radius 1 is 1.19 bits per heavy atom. The van der Waals surface area contributed by atoms with E-state index in [2.05, 4.69) is 39.1 Å². The van der Waals surface area contributed by atoms with Crippen molar-refractivity contribution in [2.45, 2.75) is 38.3 Å². The number of hydrogen-bond acceptors (Lipinski definition) is 5. The van der Waals surface area contributed by atoms with Crippen LogP contribution in [0.15, 0.2) is 30.6 Å².